The summed E-state index contributed by atoms with van der Waals surface area (Å²) in [5, 5.41) is 0. The van der Waals surface area contributed by atoms with E-state index in [1.54, 1.807) is 0 Å². The van der Waals surface area contributed by atoms with Crippen molar-refractivity contribution in [1.82, 2.24) is 9.80 Å². The predicted octanol–water partition coefficient (Wildman–Crippen LogP) is 3.16. The van der Waals surface area contributed by atoms with Crippen LogP contribution in [0, 0.1) is 0 Å². The van der Waals surface area contributed by atoms with Crippen molar-refractivity contribution in [2.75, 3.05) is 46.5 Å². The fourth-order valence-electron chi connectivity index (χ4n) is 3.80. The highest BCUT2D eigenvalue weighted by Gasteiger charge is 2.19. The zero-order valence-electron chi connectivity index (χ0n) is 15.1. The predicted molar refractivity (Wildman–Crippen MR) is 97.5 cm³/mol. The van der Waals surface area contributed by atoms with Crippen molar-refractivity contribution in [1.29, 1.82) is 0 Å². The summed E-state index contributed by atoms with van der Waals surface area (Å²) in [6.07, 6.45) is 6.86. The molecule has 1 saturated carbocycles. The number of rotatable bonds is 7. The third-order valence-corrected chi connectivity index (χ3v) is 5.36. The smallest absolute Gasteiger partial charge is 0.123 e. The minimum absolute atomic E-state index is 0.736. The monoisotopic (exact) mass is 332 g/mol. The van der Waals surface area contributed by atoms with Gasteiger partial charge in [-0.2, -0.15) is 0 Å². The Labute approximate surface area is 146 Å². The second kappa shape index (κ2) is 9.40. The quantitative estimate of drug-likeness (QED) is 0.766. The summed E-state index contributed by atoms with van der Waals surface area (Å²) in [4.78, 5) is 4.93. The van der Waals surface area contributed by atoms with Crippen LogP contribution in [0.3, 0.4) is 0 Å². The van der Waals surface area contributed by atoms with E-state index in [0.29, 0.717) is 0 Å². The molecule has 1 aromatic carbocycles. The lowest BCUT2D eigenvalue weighted by molar-refractivity contribution is 0.0321. The first-order valence-electron chi connectivity index (χ1n) is 9.54. The molecule has 2 fully saturated rings. The number of ether oxygens (including phenoxy) is 2. The second-order valence-corrected chi connectivity index (χ2v) is 7.12. The van der Waals surface area contributed by atoms with Crippen LogP contribution in [0.2, 0.25) is 0 Å². The van der Waals surface area contributed by atoms with Gasteiger partial charge in [-0.15, -0.1) is 0 Å². The number of para-hydroxylation sites is 1. The van der Waals surface area contributed by atoms with Crippen LogP contribution in [0.4, 0.5) is 0 Å². The minimum Gasteiger partial charge on any atom is -0.492 e. The average Bonchev–Trinajstić information content (AvgIpc) is 2.65. The molecule has 1 aliphatic carbocycles. The Morgan fingerprint density at radius 2 is 1.88 bits per heavy atom. The van der Waals surface area contributed by atoms with E-state index < -0.39 is 0 Å². The Balaban J connectivity index is 1.50. The SMILES string of the molecule is CN(Cc1ccccc1OCCN1CCOCC1)C1CCCCC1. The van der Waals surface area contributed by atoms with Gasteiger partial charge in [0.05, 0.1) is 13.2 Å². The number of benzene rings is 1. The van der Waals surface area contributed by atoms with Gasteiger partial charge in [-0.05, 0) is 26.0 Å². The Hall–Kier alpha value is -1.10. The fourth-order valence-corrected chi connectivity index (χ4v) is 3.80. The molecule has 0 aromatic heterocycles. The van der Waals surface area contributed by atoms with E-state index in [4.69, 9.17) is 9.47 Å². The molecule has 1 aromatic rings. The van der Waals surface area contributed by atoms with Crippen LogP contribution in [0.15, 0.2) is 24.3 Å². The van der Waals surface area contributed by atoms with Gasteiger partial charge in [0.1, 0.15) is 12.4 Å². The molecule has 0 bridgehead atoms. The maximum Gasteiger partial charge on any atom is 0.123 e. The molecule has 0 N–H and O–H groups in total. The number of morpholine rings is 1. The summed E-state index contributed by atoms with van der Waals surface area (Å²) in [6.45, 7) is 6.47. The van der Waals surface area contributed by atoms with Crippen LogP contribution in [-0.2, 0) is 11.3 Å². The summed E-state index contributed by atoms with van der Waals surface area (Å²) < 4.78 is 11.5. The molecule has 1 aliphatic heterocycles. The van der Waals surface area contributed by atoms with E-state index in [0.717, 1.165) is 57.8 Å². The third kappa shape index (κ3) is 5.20. The van der Waals surface area contributed by atoms with E-state index in [1.165, 1.54) is 37.7 Å². The highest BCUT2D eigenvalue weighted by molar-refractivity contribution is 5.33. The van der Waals surface area contributed by atoms with Crippen LogP contribution in [-0.4, -0.2) is 62.3 Å². The summed E-state index contributed by atoms with van der Waals surface area (Å²) >= 11 is 0. The molecule has 4 nitrogen and oxygen atoms in total. The molecule has 0 amide bonds. The maximum atomic E-state index is 6.12. The lowest BCUT2D eigenvalue weighted by Gasteiger charge is -2.31. The summed E-state index contributed by atoms with van der Waals surface area (Å²) in [5.74, 6) is 1.05. The molecule has 0 radical (unpaired) electrons. The molecule has 4 heteroatoms. The molecule has 1 heterocycles. The van der Waals surface area contributed by atoms with Gasteiger partial charge in [-0.25, -0.2) is 0 Å². The Morgan fingerprint density at radius 3 is 2.67 bits per heavy atom. The van der Waals surface area contributed by atoms with Gasteiger partial charge in [0, 0.05) is 37.8 Å². The van der Waals surface area contributed by atoms with E-state index in [-0.39, 0.29) is 0 Å². The van der Waals surface area contributed by atoms with Crippen molar-refractivity contribution in [3.05, 3.63) is 29.8 Å². The summed E-state index contributed by atoms with van der Waals surface area (Å²) in [6, 6.07) is 9.26. The topological polar surface area (TPSA) is 24.9 Å². The molecular weight excluding hydrogens is 300 g/mol. The van der Waals surface area contributed by atoms with Crippen LogP contribution < -0.4 is 4.74 Å². The van der Waals surface area contributed by atoms with E-state index in [1.807, 2.05) is 0 Å². The molecule has 1 saturated heterocycles. The summed E-state index contributed by atoms with van der Waals surface area (Å²) in [7, 11) is 2.26. The highest BCUT2D eigenvalue weighted by atomic mass is 16.5. The first-order valence-corrected chi connectivity index (χ1v) is 9.54. The fraction of sp³-hybridized carbons (Fsp3) is 0.700. The van der Waals surface area contributed by atoms with Crippen LogP contribution in [0.25, 0.3) is 0 Å². The van der Waals surface area contributed by atoms with Crippen molar-refractivity contribution in [3.8, 4) is 5.75 Å². The zero-order valence-corrected chi connectivity index (χ0v) is 15.1. The standard InChI is InChI=1S/C20H32N2O2/c1-21(19-8-3-2-4-9-19)17-18-7-5-6-10-20(18)24-16-13-22-11-14-23-15-12-22/h5-7,10,19H,2-4,8-9,11-17H2,1H3. The van der Waals surface area contributed by atoms with Gasteiger partial charge in [0.25, 0.3) is 0 Å². The number of hydrogen-bond donors (Lipinski definition) is 0. The van der Waals surface area contributed by atoms with Crippen LogP contribution >= 0.6 is 0 Å². The number of nitrogens with zero attached hydrogens (tertiary/aromatic N) is 2. The zero-order chi connectivity index (χ0) is 16.6. The average molecular weight is 332 g/mol. The first-order chi connectivity index (χ1) is 11.8. The van der Waals surface area contributed by atoms with Gasteiger partial charge in [-0.3, -0.25) is 9.80 Å². The van der Waals surface area contributed by atoms with Crippen molar-refractivity contribution in [2.24, 2.45) is 0 Å². The van der Waals surface area contributed by atoms with Crippen molar-refractivity contribution in [3.63, 3.8) is 0 Å². The van der Waals surface area contributed by atoms with Crippen LogP contribution in [0.1, 0.15) is 37.7 Å². The molecule has 0 atom stereocenters. The molecule has 2 aliphatic rings. The van der Waals surface area contributed by atoms with Gasteiger partial charge >= 0.3 is 0 Å². The highest BCUT2D eigenvalue weighted by Crippen LogP contribution is 2.25. The van der Waals surface area contributed by atoms with E-state index >= 15 is 0 Å². The van der Waals surface area contributed by atoms with Crippen molar-refractivity contribution in [2.45, 2.75) is 44.7 Å². The summed E-state index contributed by atoms with van der Waals surface area (Å²) in [5.41, 5.74) is 1.31. The molecule has 134 valence electrons. The molecule has 0 spiro atoms. The second-order valence-electron chi connectivity index (χ2n) is 7.12. The molecule has 3 rings (SSSR count). The molecule has 24 heavy (non-hydrogen) atoms. The first kappa shape index (κ1) is 17.7. The Kier molecular flexibility index (Phi) is 6.94. The lowest BCUT2D eigenvalue weighted by atomic mass is 9.94. The van der Waals surface area contributed by atoms with Gasteiger partial charge < -0.3 is 9.47 Å². The maximum absolute atomic E-state index is 6.12. The van der Waals surface area contributed by atoms with E-state index in [9.17, 15) is 0 Å². The van der Waals surface area contributed by atoms with Crippen LogP contribution in [0.5, 0.6) is 5.75 Å². The molecular formula is C20H32N2O2. The Bertz CT molecular complexity index is 482. The molecule has 0 unspecified atom stereocenters. The third-order valence-electron chi connectivity index (χ3n) is 5.36. The normalized spacial score (nSPS) is 20.4. The minimum atomic E-state index is 0.736. The largest absolute Gasteiger partial charge is 0.492 e. The van der Waals surface area contributed by atoms with Crippen molar-refractivity contribution >= 4 is 0 Å². The van der Waals surface area contributed by atoms with Crippen molar-refractivity contribution < 1.29 is 9.47 Å². The lowest BCUT2D eigenvalue weighted by Crippen LogP contribution is -2.38. The van der Waals surface area contributed by atoms with Gasteiger partial charge in [-0.1, -0.05) is 37.5 Å². The van der Waals surface area contributed by atoms with Gasteiger partial charge in [0.15, 0.2) is 0 Å². The Morgan fingerprint density at radius 1 is 1.12 bits per heavy atom. The van der Waals surface area contributed by atoms with E-state index in [2.05, 4.69) is 41.1 Å². The van der Waals surface area contributed by atoms with Gasteiger partial charge in [0.2, 0.25) is 0 Å². The number of hydrogen-bond acceptors (Lipinski definition) is 4.